The molecular weight excluding hydrogens is 368 g/mol. The predicted molar refractivity (Wildman–Crippen MR) is 112 cm³/mol. The highest BCUT2D eigenvalue weighted by Crippen LogP contribution is 2.25. The zero-order valence-corrected chi connectivity index (χ0v) is 17.2. The smallest absolute Gasteiger partial charge is 0.220 e. The van der Waals surface area contributed by atoms with Crippen molar-refractivity contribution >= 4 is 5.91 Å². The second-order valence-corrected chi connectivity index (χ2v) is 7.12. The first-order chi connectivity index (χ1) is 14.2. The van der Waals surface area contributed by atoms with Gasteiger partial charge in [0.05, 0.1) is 33.5 Å². The normalized spacial score (nSPS) is 15.5. The summed E-state index contributed by atoms with van der Waals surface area (Å²) < 4.78 is 16.2. The predicted octanol–water partition coefficient (Wildman–Crippen LogP) is 2.83. The quantitative estimate of drug-likeness (QED) is 0.704. The summed E-state index contributed by atoms with van der Waals surface area (Å²) in [7, 11) is 3.27. The molecule has 1 unspecified atom stereocenters. The van der Waals surface area contributed by atoms with E-state index in [-0.39, 0.29) is 11.9 Å². The minimum Gasteiger partial charge on any atom is -0.497 e. The number of nitrogens with zero attached hydrogens (tertiary/aromatic N) is 1. The van der Waals surface area contributed by atoms with E-state index < -0.39 is 0 Å². The van der Waals surface area contributed by atoms with E-state index in [2.05, 4.69) is 22.3 Å². The first kappa shape index (κ1) is 21.1. The van der Waals surface area contributed by atoms with Gasteiger partial charge in [0.1, 0.15) is 11.5 Å². The summed E-state index contributed by atoms with van der Waals surface area (Å²) in [5, 5.41) is 3.22. The van der Waals surface area contributed by atoms with Crippen molar-refractivity contribution in [3.8, 4) is 11.5 Å². The molecule has 1 aliphatic rings. The Balaban J connectivity index is 1.63. The molecular formula is C23H30N2O4. The first-order valence-corrected chi connectivity index (χ1v) is 10.0. The summed E-state index contributed by atoms with van der Waals surface area (Å²) in [6.07, 6.45) is 0.973. The molecule has 6 heteroatoms. The molecule has 0 aliphatic carbocycles. The topological polar surface area (TPSA) is 60.0 Å². The fraction of sp³-hybridized carbons (Fsp3) is 0.435. The molecule has 6 nitrogen and oxygen atoms in total. The van der Waals surface area contributed by atoms with E-state index in [9.17, 15) is 4.79 Å². The fourth-order valence-corrected chi connectivity index (χ4v) is 3.55. The van der Waals surface area contributed by atoms with Gasteiger partial charge in [0.2, 0.25) is 5.91 Å². The Labute approximate surface area is 172 Å². The third-order valence-corrected chi connectivity index (χ3v) is 5.19. The van der Waals surface area contributed by atoms with Crippen molar-refractivity contribution in [2.24, 2.45) is 0 Å². The molecule has 0 aromatic heterocycles. The lowest BCUT2D eigenvalue weighted by atomic mass is 10.0. The number of carbonyl (C=O) groups excluding carboxylic acids is 1. The van der Waals surface area contributed by atoms with Crippen molar-refractivity contribution in [1.82, 2.24) is 10.2 Å². The SMILES string of the molecule is COc1ccc(OC)c(CCC(=O)NC(CN2CCOCC2)c2ccccc2)c1. The molecule has 1 fully saturated rings. The molecule has 1 atom stereocenters. The number of nitrogens with one attached hydrogen (secondary N) is 1. The van der Waals surface area contributed by atoms with Gasteiger partial charge < -0.3 is 19.5 Å². The summed E-state index contributed by atoms with van der Waals surface area (Å²) in [6.45, 7) is 4.04. The molecule has 1 amide bonds. The number of methoxy groups -OCH3 is 2. The van der Waals surface area contributed by atoms with Crippen LogP contribution in [0, 0.1) is 0 Å². The maximum absolute atomic E-state index is 12.8. The number of aryl methyl sites for hydroxylation is 1. The zero-order chi connectivity index (χ0) is 20.5. The molecule has 0 saturated carbocycles. The third kappa shape index (κ3) is 6.21. The van der Waals surface area contributed by atoms with Crippen LogP contribution in [0.2, 0.25) is 0 Å². The van der Waals surface area contributed by atoms with Crippen molar-refractivity contribution in [3.05, 3.63) is 59.7 Å². The Morgan fingerprint density at radius 3 is 2.55 bits per heavy atom. The number of rotatable bonds is 9. The summed E-state index contributed by atoms with van der Waals surface area (Å²) in [4.78, 5) is 15.1. The Morgan fingerprint density at radius 2 is 1.86 bits per heavy atom. The van der Waals surface area contributed by atoms with Crippen molar-refractivity contribution in [2.75, 3.05) is 47.1 Å². The number of hydrogen-bond acceptors (Lipinski definition) is 5. The highest BCUT2D eigenvalue weighted by molar-refractivity contribution is 5.77. The summed E-state index contributed by atoms with van der Waals surface area (Å²) in [5.41, 5.74) is 2.08. The zero-order valence-electron chi connectivity index (χ0n) is 17.2. The molecule has 1 aliphatic heterocycles. The molecule has 156 valence electrons. The molecule has 3 rings (SSSR count). The van der Waals surface area contributed by atoms with Crippen LogP contribution in [0.15, 0.2) is 48.5 Å². The van der Waals surface area contributed by atoms with E-state index in [4.69, 9.17) is 14.2 Å². The lowest BCUT2D eigenvalue weighted by molar-refractivity contribution is -0.122. The van der Waals surface area contributed by atoms with Gasteiger partial charge in [-0.25, -0.2) is 0 Å². The van der Waals surface area contributed by atoms with Crippen molar-refractivity contribution in [3.63, 3.8) is 0 Å². The van der Waals surface area contributed by atoms with Crippen LogP contribution < -0.4 is 14.8 Å². The van der Waals surface area contributed by atoms with Crippen LogP contribution in [0.3, 0.4) is 0 Å². The Hall–Kier alpha value is -2.57. The average Bonchev–Trinajstić information content (AvgIpc) is 2.78. The number of morpholine rings is 1. The average molecular weight is 399 g/mol. The Morgan fingerprint density at radius 1 is 1.10 bits per heavy atom. The second kappa shape index (κ2) is 10.8. The molecule has 0 spiro atoms. The lowest BCUT2D eigenvalue weighted by Crippen LogP contribution is -2.43. The summed E-state index contributed by atoms with van der Waals surface area (Å²) in [5.74, 6) is 1.55. The highest BCUT2D eigenvalue weighted by atomic mass is 16.5. The van der Waals surface area contributed by atoms with E-state index in [0.717, 1.165) is 55.5 Å². The van der Waals surface area contributed by atoms with Gasteiger partial charge in [0, 0.05) is 26.1 Å². The molecule has 2 aromatic rings. The number of amides is 1. The van der Waals surface area contributed by atoms with Crippen molar-refractivity contribution in [1.29, 1.82) is 0 Å². The van der Waals surface area contributed by atoms with Crippen LogP contribution in [-0.4, -0.2) is 57.9 Å². The van der Waals surface area contributed by atoms with Crippen molar-refractivity contribution < 1.29 is 19.0 Å². The van der Waals surface area contributed by atoms with Gasteiger partial charge in [-0.05, 0) is 35.7 Å². The number of benzene rings is 2. The number of carbonyl (C=O) groups is 1. The van der Waals surface area contributed by atoms with Crippen LogP contribution in [0.1, 0.15) is 23.6 Å². The molecule has 0 radical (unpaired) electrons. The fourth-order valence-electron chi connectivity index (χ4n) is 3.55. The number of ether oxygens (including phenoxy) is 3. The molecule has 0 bridgehead atoms. The summed E-state index contributed by atoms with van der Waals surface area (Å²) in [6, 6.07) is 15.7. The van der Waals surface area contributed by atoms with Gasteiger partial charge in [0.25, 0.3) is 0 Å². The maximum atomic E-state index is 12.8. The van der Waals surface area contributed by atoms with Gasteiger partial charge >= 0.3 is 0 Å². The molecule has 1 heterocycles. The molecule has 1 N–H and O–H groups in total. The minimum atomic E-state index is -0.0472. The van der Waals surface area contributed by atoms with E-state index in [1.54, 1.807) is 14.2 Å². The molecule has 1 saturated heterocycles. The summed E-state index contributed by atoms with van der Waals surface area (Å²) >= 11 is 0. The van der Waals surface area contributed by atoms with Crippen LogP contribution in [-0.2, 0) is 16.0 Å². The lowest BCUT2D eigenvalue weighted by Gasteiger charge is -2.31. The second-order valence-electron chi connectivity index (χ2n) is 7.12. The van der Waals surface area contributed by atoms with E-state index >= 15 is 0 Å². The van der Waals surface area contributed by atoms with Gasteiger partial charge in [-0.15, -0.1) is 0 Å². The number of hydrogen-bond donors (Lipinski definition) is 1. The van der Waals surface area contributed by atoms with Gasteiger partial charge in [-0.1, -0.05) is 30.3 Å². The van der Waals surface area contributed by atoms with E-state index in [0.29, 0.717) is 12.8 Å². The Bertz CT molecular complexity index is 776. The van der Waals surface area contributed by atoms with E-state index in [1.165, 1.54) is 0 Å². The first-order valence-electron chi connectivity index (χ1n) is 10.0. The van der Waals surface area contributed by atoms with E-state index in [1.807, 2.05) is 36.4 Å². The monoisotopic (exact) mass is 398 g/mol. The maximum Gasteiger partial charge on any atom is 0.220 e. The van der Waals surface area contributed by atoms with Crippen LogP contribution >= 0.6 is 0 Å². The van der Waals surface area contributed by atoms with Gasteiger partial charge in [-0.3, -0.25) is 9.69 Å². The standard InChI is InChI=1S/C23H30N2O4/c1-27-20-9-10-22(28-2)19(16-20)8-11-23(26)24-21(18-6-4-3-5-7-18)17-25-12-14-29-15-13-25/h3-7,9-10,16,21H,8,11-15,17H2,1-2H3,(H,24,26). The third-order valence-electron chi connectivity index (χ3n) is 5.19. The largest absolute Gasteiger partial charge is 0.497 e. The van der Waals surface area contributed by atoms with Gasteiger partial charge in [-0.2, -0.15) is 0 Å². The van der Waals surface area contributed by atoms with Gasteiger partial charge in [0.15, 0.2) is 0 Å². The van der Waals surface area contributed by atoms with Crippen LogP contribution in [0.25, 0.3) is 0 Å². The Kier molecular flexibility index (Phi) is 7.90. The molecule has 2 aromatic carbocycles. The van der Waals surface area contributed by atoms with Crippen molar-refractivity contribution in [2.45, 2.75) is 18.9 Å². The minimum absolute atomic E-state index is 0.0250. The van der Waals surface area contributed by atoms with Crippen LogP contribution in [0.4, 0.5) is 0 Å². The molecule has 29 heavy (non-hydrogen) atoms. The van der Waals surface area contributed by atoms with Crippen LogP contribution in [0.5, 0.6) is 11.5 Å². The highest BCUT2D eigenvalue weighted by Gasteiger charge is 2.20.